The molecule has 0 fully saturated rings. The summed E-state index contributed by atoms with van der Waals surface area (Å²) in [6.45, 7) is 1.87. The molecule has 0 aliphatic rings. The zero-order valence-electron chi connectivity index (χ0n) is 12.8. The van der Waals surface area contributed by atoms with Gasteiger partial charge in [-0.1, -0.05) is 30.1 Å². The highest BCUT2D eigenvalue weighted by atomic mass is 35.5. The topological polar surface area (TPSA) is 47.6 Å². The van der Waals surface area contributed by atoms with Crippen LogP contribution >= 0.6 is 23.2 Å². The molecule has 0 bridgehead atoms. The Bertz CT molecular complexity index is 674. The van der Waals surface area contributed by atoms with Crippen molar-refractivity contribution in [3.63, 3.8) is 0 Å². The van der Waals surface area contributed by atoms with Crippen LogP contribution in [0.1, 0.15) is 13.3 Å². The fourth-order valence-corrected chi connectivity index (χ4v) is 2.29. The van der Waals surface area contributed by atoms with Gasteiger partial charge in [0.25, 0.3) is 5.91 Å². The highest BCUT2D eigenvalue weighted by molar-refractivity contribution is 6.31. The van der Waals surface area contributed by atoms with Gasteiger partial charge >= 0.3 is 0 Å². The van der Waals surface area contributed by atoms with E-state index in [2.05, 4.69) is 5.32 Å². The quantitative estimate of drug-likeness (QED) is 0.811. The van der Waals surface area contributed by atoms with Gasteiger partial charge in [0, 0.05) is 10.0 Å². The van der Waals surface area contributed by atoms with Gasteiger partial charge in [-0.05, 0) is 48.9 Å². The van der Waals surface area contributed by atoms with E-state index in [0.29, 0.717) is 33.7 Å². The van der Waals surface area contributed by atoms with E-state index in [4.69, 9.17) is 32.7 Å². The van der Waals surface area contributed by atoms with Crippen LogP contribution in [0.3, 0.4) is 0 Å². The normalized spacial score (nSPS) is 11.7. The van der Waals surface area contributed by atoms with Gasteiger partial charge in [-0.25, -0.2) is 0 Å². The van der Waals surface area contributed by atoms with E-state index < -0.39 is 6.10 Å². The maximum Gasteiger partial charge on any atom is 0.265 e. The molecular weight excluding hydrogens is 337 g/mol. The molecule has 0 spiro atoms. The number of hydrogen-bond donors (Lipinski definition) is 1. The van der Waals surface area contributed by atoms with Crippen molar-refractivity contribution < 1.29 is 14.3 Å². The molecule has 2 aromatic carbocycles. The van der Waals surface area contributed by atoms with Crippen LogP contribution in [-0.2, 0) is 4.79 Å². The maximum absolute atomic E-state index is 12.4. The number of anilines is 1. The molecule has 0 aromatic heterocycles. The van der Waals surface area contributed by atoms with Crippen molar-refractivity contribution in [1.29, 1.82) is 0 Å². The van der Waals surface area contributed by atoms with E-state index in [0.717, 1.165) is 0 Å². The van der Waals surface area contributed by atoms with Gasteiger partial charge in [-0.2, -0.15) is 0 Å². The van der Waals surface area contributed by atoms with Crippen LogP contribution in [0.5, 0.6) is 11.5 Å². The Balaban J connectivity index is 2.11. The van der Waals surface area contributed by atoms with E-state index in [1.54, 1.807) is 42.5 Å². The van der Waals surface area contributed by atoms with Gasteiger partial charge in [0.15, 0.2) is 6.10 Å². The summed E-state index contributed by atoms with van der Waals surface area (Å²) < 4.78 is 10.9. The summed E-state index contributed by atoms with van der Waals surface area (Å²) in [7, 11) is 1.53. The Labute approximate surface area is 145 Å². The van der Waals surface area contributed by atoms with Crippen LogP contribution in [0.4, 0.5) is 5.69 Å². The zero-order valence-corrected chi connectivity index (χ0v) is 14.3. The van der Waals surface area contributed by atoms with E-state index in [9.17, 15) is 4.79 Å². The molecule has 1 N–H and O–H groups in total. The van der Waals surface area contributed by atoms with Crippen molar-refractivity contribution in [1.82, 2.24) is 0 Å². The van der Waals surface area contributed by atoms with Gasteiger partial charge < -0.3 is 14.8 Å². The minimum atomic E-state index is -0.639. The molecule has 122 valence electrons. The Morgan fingerprint density at radius 3 is 2.39 bits per heavy atom. The molecule has 0 radical (unpaired) electrons. The summed E-state index contributed by atoms with van der Waals surface area (Å²) in [5.41, 5.74) is 0.503. The number of methoxy groups -OCH3 is 1. The lowest BCUT2D eigenvalue weighted by atomic mass is 10.2. The third kappa shape index (κ3) is 4.78. The number of nitrogens with one attached hydrogen (secondary N) is 1. The summed E-state index contributed by atoms with van der Waals surface area (Å²) in [6, 6.07) is 11.9. The van der Waals surface area contributed by atoms with E-state index in [1.165, 1.54) is 7.11 Å². The average molecular weight is 354 g/mol. The van der Waals surface area contributed by atoms with Crippen molar-refractivity contribution in [2.24, 2.45) is 0 Å². The number of ether oxygens (including phenoxy) is 2. The van der Waals surface area contributed by atoms with Gasteiger partial charge in [0.2, 0.25) is 0 Å². The van der Waals surface area contributed by atoms with Crippen LogP contribution in [-0.4, -0.2) is 19.1 Å². The molecule has 4 nitrogen and oxygen atoms in total. The minimum absolute atomic E-state index is 0.275. The first-order chi connectivity index (χ1) is 11.0. The third-order valence-electron chi connectivity index (χ3n) is 3.17. The lowest BCUT2D eigenvalue weighted by Crippen LogP contribution is -2.32. The largest absolute Gasteiger partial charge is 0.495 e. The number of hydrogen-bond acceptors (Lipinski definition) is 3. The second-order valence-electron chi connectivity index (χ2n) is 4.80. The molecule has 1 atom stereocenters. The minimum Gasteiger partial charge on any atom is -0.495 e. The first-order valence-corrected chi connectivity index (χ1v) is 7.85. The van der Waals surface area contributed by atoms with Crippen molar-refractivity contribution in [2.45, 2.75) is 19.4 Å². The molecule has 1 amide bonds. The summed E-state index contributed by atoms with van der Waals surface area (Å²) >= 11 is 11.8. The fraction of sp³-hybridized carbons (Fsp3) is 0.235. The second kappa shape index (κ2) is 8.09. The van der Waals surface area contributed by atoms with Gasteiger partial charge in [0.05, 0.1) is 12.8 Å². The van der Waals surface area contributed by atoms with E-state index in [-0.39, 0.29) is 5.91 Å². The highest BCUT2D eigenvalue weighted by Gasteiger charge is 2.20. The Kier molecular flexibility index (Phi) is 6.13. The van der Waals surface area contributed by atoms with Gasteiger partial charge in [0.1, 0.15) is 11.5 Å². The van der Waals surface area contributed by atoms with Crippen LogP contribution in [0.25, 0.3) is 0 Å². The van der Waals surface area contributed by atoms with E-state index >= 15 is 0 Å². The Morgan fingerprint density at radius 1 is 1.13 bits per heavy atom. The smallest absolute Gasteiger partial charge is 0.265 e. The molecule has 0 unspecified atom stereocenters. The summed E-state index contributed by atoms with van der Waals surface area (Å²) in [4.78, 5) is 12.4. The first-order valence-electron chi connectivity index (χ1n) is 7.10. The highest BCUT2D eigenvalue weighted by Crippen LogP contribution is 2.28. The monoisotopic (exact) mass is 353 g/mol. The number of halogens is 2. The van der Waals surface area contributed by atoms with Crippen molar-refractivity contribution in [2.75, 3.05) is 12.4 Å². The fourth-order valence-electron chi connectivity index (χ4n) is 1.99. The molecular formula is C17H17Cl2NO3. The standard InChI is InChI=1S/C17H17Cl2NO3/c1-3-15(23-13-7-4-11(18)5-8-13)17(21)20-14-10-12(19)6-9-16(14)22-2/h4-10,15H,3H2,1-2H3,(H,20,21)/t15-/m0/s1. The molecule has 0 aliphatic carbocycles. The Morgan fingerprint density at radius 2 is 1.78 bits per heavy atom. The predicted molar refractivity (Wildman–Crippen MR) is 92.8 cm³/mol. The number of carbonyl (C=O) groups excluding carboxylic acids is 1. The predicted octanol–water partition coefficient (Wildman–Crippen LogP) is 4.80. The lowest BCUT2D eigenvalue weighted by molar-refractivity contribution is -0.122. The first kappa shape index (κ1) is 17.4. The molecule has 2 rings (SSSR count). The SMILES string of the molecule is CC[C@H](Oc1ccc(Cl)cc1)C(=O)Nc1cc(Cl)ccc1OC. The Hall–Kier alpha value is -1.91. The zero-order chi connectivity index (χ0) is 16.8. The molecule has 6 heteroatoms. The maximum atomic E-state index is 12.4. The molecule has 0 saturated heterocycles. The van der Waals surface area contributed by atoms with E-state index in [1.807, 2.05) is 6.92 Å². The summed E-state index contributed by atoms with van der Waals surface area (Å²) in [5.74, 6) is 0.835. The third-order valence-corrected chi connectivity index (χ3v) is 3.66. The second-order valence-corrected chi connectivity index (χ2v) is 5.68. The number of carbonyl (C=O) groups is 1. The van der Waals surface area contributed by atoms with Gasteiger partial charge in [-0.3, -0.25) is 4.79 Å². The van der Waals surface area contributed by atoms with Crippen LogP contribution < -0.4 is 14.8 Å². The van der Waals surface area contributed by atoms with Crippen molar-refractivity contribution in [3.05, 3.63) is 52.5 Å². The summed E-state index contributed by atoms with van der Waals surface area (Å²) in [6.07, 6.45) is -0.128. The molecule has 0 heterocycles. The lowest BCUT2D eigenvalue weighted by Gasteiger charge is -2.18. The number of amides is 1. The number of benzene rings is 2. The molecule has 0 aliphatic heterocycles. The molecule has 0 saturated carbocycles. The van der Waals surface area contributed by atoms with Crippen LogP contribution in [0, 0.1) is 0 Å². The van der Waals surface area contributed by atoms with Crippen molar-refractivity contribution in [3.8, 4) is 11.5 Å². The molecule has 2 aromatic rings. The number of rotatable bonds is 6. The molecule has 23 heavy (non-hydrogen) atoms. The average Bonchev–Trinajstić information content (AvgIpc) is 2.54. The summed E-state index contributed by atoms with van der Waals surface area (Å²) in [5, 5.41) is 3.90. The van der Waals surface area contributed by atoms with Crippen LogP contribution in [0.2, 0.25) is 10.0 Å². The van der Waals surface area contributed by atoms with Crippen LogP contribution in [0.15, 0.2) is 42.5 Å². The van der Waals surface area contributed by atoms with Gasteiger partial charge in [-0.15, -0.1) is 0 Å². The van der Waals surface area contributed by atoms with Crippen molar-refractivity contribution >= 4 is 34.8 Å².